The number of carbonyl (C=O) groups is 1. The second-order valence-corrected chi connectivity index (χ2v) is 7.06. The van der Waals surface area contributed by atoms with Gasteiger partial charge in [0.15, 0.2) is 0 Å². The van der Waals surface area contributed by atoms with E-state index < -0.39 is 24.8 Å². The molecule has 0 heterocycles. The Morgan fingerprint density at radius 3 is 2.46 bits per heavy atom. The number of carbonyl (C=O) groups excluding carboxylic acids is 1. The van der Waals surface area contributed by atoms with Crippen molar-refractivity contribution >= 4 is 5.97 Å². The Morgan fingerprint density at radius 2 is 1.71 bits per heavy atom. The molecule has 28 heavy (non-hydrogen) atoms. The summed E-state index contributed by atoms with van der Waals surface area (Å²) in [5, 5.41) is 27.5. The molecule has 0 saturated heterocycles. The summed E-state index contributed by atoms with van der Waals surface area (Å²) in [5.41, 5.74) is 0. The van der Waals surface area contributed by atoms with Crippen molar-refractivity contribution in [3.8, 4) is 0 Å². The summed E-state index contributed by atoms with van der Waals surface area (Å²) in [7, 11) is 0. The number of allylic oxidation sites excluding steroid dienone is 5. The Balaban J connectivity index is 3.61. The monoisotopic (exact) mass is 396 g/mol. The standard InChI is InChI=1S/C23H40O5/c1-2-3-4-5-6-7-8-9-10-11-12-13-14-16-21(25)17-15-18-23(27)28-20-22(26)19-24/h9-10,12-14,16,21-22,24-26H,2-8,11,15,17-20H2,1H3/b10-9+,13-12+,16-14+/t21?,22-/m0/s1. The predicted octanol–water partition coefficient (Wildman–Crippen LogP) is 4.22. The Bertz CT molecular complexity index is 442. The number of rotatable bonds is 18. The molecular formula is C23H40O5. The molecule has 0 rings (SSSR count). The van der Waals surface area contributed by atoms with Crippen LogP contribution >= 0.6 is 0 Å². The van der Waals surface area contributed by atoms with E-state index in [4.69, 9.17) is 14.9 Å². The first-order chi connectivity index (χ1) is 13.6. The van der Waals surface area contributed by atoms with Crippen LogP contribution in [0.25, 0.3) is 0 Å². The van der Waals surface area contributed by atoms with E-state index >= 15 is 0 Å². The van der Waals surface area contributed by atoms with Gasteiger partial charge < -0.3 is 20.1 Å². The molecule has 0 aromatic carbocycles. The van der Waals surface area contributed by atoms with Crippen molar-refractivity contribution in [3.63, 3.8) is 0 Å². The molecule has 3 N–H and O–H groups in total. The molecule has 5 heteroatoms. The summed E-state index contributed by atoms with van der Waals surface area (Å²) in [6.45, 7) is 1.61. The third-order valence-electron chi connectivity index (χ3n) is 4.27. The predicted molar refractivity (Wildman–Crippen MR) is 114 cm³/mol. The average molecular weight is 397 g/mol. The number of esters is 1. The van der Waals surface area contributed by atoms with Crippen LogP contribution in [-0.4, -0.2) is 46.7 Å². The summed E-state index contributed by atoms with van der Waals surface area (Å²) < 4.78 is 4.79. The molecule has 2 atom stereocenters. The maximum Gasteiger partial charge on any atom is 0.305 e. The van der Waals surface area contributed by atoms with E-state index in [-0.39, 0.29) is 13.0 Å². The van der Waals surface area contributed by atoms with Gasteiger partial charge in [-0.15, -0.1) is 0 Å². The molecule has 5 nitrogen and oxygen atoms in total. The highest BCUT2D eigenvalue weighted by atomic mass is 16.5. The van der Waals surface area contributed by atoms with Gasteiger partial charge in [0, 0.05) is 6.42 Å². The van der Waals surface area contributed by atoms with Crippen molar-refractivity contribution in [2.45, 2.75) is 89.8 Å². The van der Waals surface area contributed by atoms with Gasteiger partial charge in [-0.3, -0.25) is 4.79 Å². The molecule has 0 radical (unpaired) electrons. The highest BCUT2D eigenvalue weighted by Gasteiger charge is 2.08. The summed E-state index contributed by atoms with van der Waals surface area (Å²) in [6.07, 6.45) is 21.4. The SMILES string of the molecule is CCCCCCCC/C=C/C/C=C/C=C/C(O)CCCC(=O)OC[C@@H](O)CO. The summed E-state index contributed by atoms with van der Waals surface area (Å²) in [5.74, 6) is -0.434. The molecular weight excluding hydrogens is 356 g/mol. The third kappa shape index (κ3) is 19.3. The van der Waals surface area contributed by atoms with Gasteiger partial charge in [0.05, 0.1) is 12.7 Å². The number of ether oxygens (including phenoxy) is 1. The summed E-state index contributed by atoms with van der Waals surface area (Å²) in [6, 6.07) is 0. The summed E-state index contributed by atoms with van der Waals surface area (Å²) >= 11 is 0. The van der Waals surface area contributed by atoms with Gasteiger partial charge in [-0.25, -0.2) is 0 Å². The maximum atomic E-state index is 11.4. The molecule has 0 saturated carbocycles. The van der Waals surface area contributed by atoms with Crippen molar-refractivity contribution in [2.24, 2.45) is 0 Å². The number of aliphatic hydroxyl groups excluding tert-OH is 3. The van der Waals surface area contributed by atoms with Gasteiger partial charge in [0.2, 0.25) is 0 Å². The zero-order chi connectivity index (χ0) is 20.9. The second kappa shape index (κ2) is 20.3. The third-order valence-corrected chi connectivity index (χ3v) is 4.27. The van der Waals surface area contributed by atoms with Crippen LogP contribution in [-0.2, 0) is 9.53 Å². The first kappa shape index (κ1) is 26.6. The fraction of sp³-hybridized carbons (Fsp3) is 0.696. The van der Waals surface area contributed by atoms with Crippen LogP contribution in [0.1, 0.15) is 77.6 Å². The number of hydrogen-bond acceptors (Lipinski definition) is 5. The molecule has 0 aliphatic carbocycles. The topological polar surface area (TPSA) is 87.0 Å². The molecule has 0 aliphatic rings. The highest BCUT2D eigenvalue weighted by molar-refractivity contribution is 5.69. The van der Waals surface area contributed by atoms with E-state index in [1.54, 1.807) is 6.08 Å². The van der Waals surface area contributed by atoms with Crippen molar-refractivity contribution in [2.75, 3.05) is 13.2 Å². The minimum atomic E-state index is -1.03. The zero-order valence-corrected chi connectivity index (χ0v) is 17.5. The van der Waals surface area contributed by atoms with Gasteiger partial charge >= 0.3 is 5.97 Å². The minimum absolute atomic E-state index is 0.183. The van der Waals surface area contributed by atoms with Crippen LogP contribution in [0.2, 0.25) is 0 Å². The zero-order valence-electron chi connectivity index (χ0n) is 17.5. The number of aliphatic hydroxyl groups is 3. The second-order valence-electron chi connectivity index (χ2n) is 7.06. The van der Waals surface area contributed by atoms with Gasteiger partial charge in [0.25, 0.3) is 0 Å². The Kier molecular flexibility index (Phi) is 19.3. The van der Waals surface area contributed by atoms with E-state index in [0.29, 0.717) is 12.8 Å². The molecule has 0 fully saturated rings. The van der Waals surface area contributed by atoms with E-state index in [0.717, 1.165) is 12.8 Å². The quantitative estimate of drug-likeness (QED) is 0.140. The van der Waals surface area contributed by atoms with Crippen molar-refractivity contribution in [3.05, 3.63) is 36.5 Å². The Labute approximate surface area is 170 Å². The molecule has 0 aliphatic heterocycles. The normalized spacial score (nSPS) is 14.3. The van der Waals surface area contributed by atoms with Crippen LogP contribution in [0.15, 0.2) is 36.5 Å². The van der Waals surface area contributed by atoms with E-state index in [1.807, 2.05) is 18.2 Å². The van der Waals surface area contributed by atoms with Gasteiger partial charge in [-0.2, -0.15) is 0 Å². The van der Waals surface area contributed by atoms with Crippen molar-refractivity contribution in [1.29, 1.82) is 0 Å². The summed E-state index contributed by atoms with van der Waals surface area (Å²) in [4.78, 5) is 11.4. The molecule has 0 aromatic rings. The van der Waals surface area contributed by atoms with Crippen LogP contribution in [0.4, 0.5) is 0 Å². The van der Waals surface area contributed by atoms with Gasteiger partial charge in [-0.05, 0) is 32.1 Å². The molecule has 0 spiro atoms. The number of unbranched alkanes of at least 4 members (excludes halogenated alkanes) is 6. The smallest absolute Gasteiger partial charge is 0.305 e. The first-order valence-electron chi connectivity index (χ1n) is 10.7. The molecule has 0 amide bonds. The first-order valence-corrected chi connectivity index (χ1v) is 10.7. The lowest BCUT2D eigenvalue weighted by molar-refractivity contribution is -0.147. The Morgan fingerprint density at radius 1 is 0.964 bits per heavy atom. The average Bonchev–Trinajstić information content (AvgIpc) is 2.69. The highest BCUT2D eigenvalue weighted by Crippen LogP contribution is 2.07. The molecule has 0 bridgehead atoms. The lowest BCUT2D eigenvalue weighted by Gasteiger charge is -2.09. The van der Waals surface area contributed by atoms with Crippen molar-refractivity contribution in [1.82, 2.24) is 0 Å². The molecule has 0 aromatic heterocycles. The van der Waals surface area contributed by atoms with E-state index in [1.165, 1.54) is 38.5 Å². The van der Waals surface area contributed by atoms with Gasteiger partial charge in [0.1, 0.15) is 12.7 Å². The molecule has 162 valence electrons. The van der Waals surface area contributed by atoms with Crippen LogP contribution in [0.3, 0.4) is 0 Å². The fourth-order valence-corrected chi connectivity index (χ4v) is 2.55. The minimum Gasteiger partial charge on any atom is -0.463 e. The van der Waals surface area contributed by atoms with Gasteiger partial charge in [-0.1, -0.05) is 75.5 Å². The molecule has 1 unspecified atom stereocenters. The van der Waals surface area contributed by atoms with Crippen molar-refractivity contribution < 1.29 is 24.9 Å². The van der Waals surface area contributed by atoms with E-state index in [2.05, 4.69) is 19.1 Å². The maximum absolute atomic E-state index is 11.4. The number of hydrogen-bond donors (Lipinski definition) is 3. The lowest BCUT2D eigenvalue weighted by Crippen LogP contribution is -2.21. The lowest BCUT2D eigenvalue weighted by atomic mass is 10.1. The van der Waals surface area contributed by atoms with Crippen LogP contribution in [0, 0.1) is 0 Å². The largest absolute Gasteiger partial charge is 0.463 e. The fourth-order valence-electron chi connectivity index (χ4n) is 2.55. The van der Waals surface area contributed by atoms with Crippen LogP contribution < -0.4 is 0 Å². The Hall–Kier alpha value is -1.43. The van der Waals surface area contributed by atoms with E-state index in [9.17, 15) is 9.90 Å². The van der Waals surface area contributed by atoms with Crippen LogP contribution in [0.5, 0.6) is 0 Å².